The molecule has 2 aromatic carbocycles. The van der Waals surface area contributed by atoms with Crippen molar-refractivity contribution in [3.63, 3.8) is 0 Å². The third-order valence-corrected chi connectivity index (χ3v) is 5.54. The van der Waals surface area contributed by atoms with Crippen LogP contribution in [0.5, 0.6) is 0 Å². The van der Waals surface area contributed by atoms with Gasteiger partial charge in [0, 0.05) is 25.2 Å². The molecule has 12 heteroatoms. The molecule has 0 aliphatic carbocycles. The average Bonchev–Trinajstić information content (AvgIpc) is 3.30. The Kier molecular flexibility index (Phi) is 5.47. The predicted octanol–water partition coefficient (Wildman–Crippen LogP) is 2.11. The number of aromatic amines is 1. The van der Waals surface area contributed by atoms with Gasteiger partial charge < -0.3 is 19.9 Å². The zero-order valence-corrected chi connectivity index (χ0v) is 17.8. The summed E-state index contributed by atoms with van der Waals surface area (Å²) < 4.78 is 6.84. The third kappa shape index (κ3) is 3.86. The van der Waals surface area contributed by atoms with Crippen LogP contribution in [0.1, 0.15) is 10.4 Å². The van der Waals surface area contributed by atoms with Gasteiger partial charge in [0.05, 0.1) is 53.3 Å². The van der Waals surface area contributed by atoms with E-state index in [0.717, 1.165) is 0 Å². The standard InChI is InChI=1S/C22H19N7O5/c30-21-16-12-25-28(20(16)23-13-24-21)19-4-2-1-3-17(19)26-22(31)15-11-14(29(32)33)5-6-18(15)27-7-9-34-10-8-27/h1-6,11-13H,7-10H2,(H,26,31)(H,23,24,30). The number of nitrogens with one attached hydrogen (secondary N) is 2. The molecule has 1 saturated heterocycles. The van der Waals surface area contributed by atoms with Crippen LogP contribution in [0.3, 0.4) is 0 Å². The van der Waals surface area contributed by atoms with E-state index in [1.807, 2.05) is 4.90 Å². The van der Waals surface area contributed by atoms with Gasteiger partial charge in [-0.3, -0.25) is 19.7 Å². The van der Waals surface area contributed by atoms with Crippen molar-refractivity contribution in [2.45, 2.75) is 0 Å². The normalized spacial score (nSPS) is 13.7. The van der Waals surface area contributed by atoms with E-state index in [9.17, 15) is 19.7 Å². The molecule has 1 fully saturated rings. The van der Waals surface area contributed by atoms with Gasteiger partial charge in [-0.05, 0) is 18.2 Å². The number of hydrogen-bond acceptors (Lipinski definition) is 8. The summed E-state index contributed by atoms with van der Waals surface area (Å²) >= 11 is 0. The van der Waals surface area contributed by atoms with Crippen LogP contribution in [0.4, 0.5) is 17.1 Å². The fourth-order valence-corrected chi connectivity index (χ4v) is 3.89. The number of benzene rings is 2. The van der Waals surface area contributed by atoms with Crippen molar-refractivity contribution in [2.75, 3.05) is 36.5 Å². The Hall–Kier alpha value is -4.58. The first-order valence-corrected chi connectivity index (χ1v) is 10.5. The number of carbonyl (C=O) groups excluding carboxylic acids is 1. The molecule has 1 aliphatic heterocycles. The molecule has 2 N–H and O–H groups in total. The summed E-state index contributed by atoms with van der Waals surface area (Å²) in [6, 6.07) is 11.1. The molecule has 0 atom stereocenters. The third-order valence-electron chi connectivity index (χ3n) is 5.54. The molecule has 5 rings (SSSR count). The highest BCUT2D eigenvalue weighted by Crippen LogP contribution is 2.29. The van der Waals surface area contributed by atoms with Crippen molar-refractivity contribution in [1.82, 2.24) is 19.7 Å². The summed E-state index contributed by atoms with van der Waals surface area (Å²) in [6.45, 7) is 2.13. The number of non-ortho nitro benzene ring substituents is 1. The molecule has 12 nitrogen and oxygen atoms in total. The molecular weight excluding hydrogens is 442 g/mol. The van der Waals surface area contributed by atoms with Crippen molar-refractivity contribution >= 4 is 34.0 Å². The zero-order valence-electron chi connectivity index (χ0n) is 17.8. The zero-order chi connectivity index (χ0) is 23.7. The van der Waals surface area contributed by atoms with Crippen molar-refractivity contribution in [3.05, 3.63) is 81.0 Å². The SMILES string of the molecule is O=C(Nc1ccccc1-n1ncc2c(=O)[nH]cnc21)c1cc([N+](=O)[O-])ccc1N1CCOCC1. The van der Waals surface area contributed by atoms with Gasteiger partial charge in [0.15, 0.2) is 5.65 Å². The minimum absolute atomic E-state index is 0.172. The highest BCUT2D eigenvalue weighted by atomic mass is 16.6. The summed E-state index contributed by atoms with van der Waals surface area (Å²) in [7, 11) is 0. The topological polar surface area (TPSA) is 148 Å². The number of nitrogens with zero attached hydrogens (tertiary/aromatic N) is 5. The van der Waals surface area contributed by atoms with E-state index in [1.54, 1.807) is 30.3 Å². The van der Waals surface area contributed by atoms with E-state index in [-0.39, 0.29) is 16.8 Å². The first-order chi connectivity index (χ1) is 16.5. The summed E-state index contributed by atoms with van der Waals surface area (Å²) in [5.41, 5.74) is 1.46. The quantitative estimate of drug-likeness (QED) is 0.339. The van der Waals surface area contributed by atoms with Gasteiger partial charge in [-0.15, -0.1) is 0 Å². The van der Waals surface area contributed by atoms with Crippen LogP contribution in [0.15, 0.2) is 59.8 Å². The first-order valence-electron chi connectivity index (χ1n) is 10.5. The van der Waals surface area contributed by atoms with Crippen LogP contribution in [0, 0.1) is 10.1 Å². The van der Waals surface area contributed by atoms with Crippen LogP contribution in [-0.4, -0.2) is 56.9 Å². The Bertz CT molecular complexity index is 1460. The lowest BCUT2D eigenvalue weighted by atomic mass is 10.1. The Morgan fingerprint density at radius 1 is 1.15 bits per heavy atom. The van der Waals surface area contributed by atoms with E-state index in [4.69, 9.17) is 4.74 Å². The van der Waals surface area contributed by atoms with E-state index in [2.05, 4.69) is 20.4 Å². The maximum absolute atomic E-state index is 13.4. The fraction of sp³-hybridized carbons (Fsp3) is 0.182. The maximum Gasteiger partial charge on any atom is 0.270 e. The second-order valence-corrected chi connectivity index (χ2v) is 7.55. The Morgan fingerprint density at radius 3 is 2.74 bits per heavy atom. The Morgan fingerprint density at radius 2 is 1.94 bits per heavy atom. The summed E-state index contributed by atoms with van der Waals surface area (Å²) in [5.74, 6) is -0.514. The van der Waals surface area contributed by atoms with Gasteiger partial charge >= 0.3 is 0 Å². The molecule has 0 spiro atoms. The number of para-hydroxylation sites is 2. The first kappa shape index (κ1) is 21.3. The second-order valence-electron chi connectivity index (χ2n) is 7.55. The molecule has 1 amide bonds. The number of morpholine rings is 1. The molecule has 0 radical (unpaired) electrons. The van der Waals surface area contributed by atoms with Crippen molar-refractivity contribution in [1.29, 1.82) is 0 Å². The monoisotopic (exact) mass is 461 g/mol. The number of rotatable bonds is 5. The number of hydrogen-bond donors (Lipinski definition) is 2. The van der Waals surface area contributed by atoms with Crippen LogP contribution in [0.2, 0.25) is 0 Å². The molecular formula is C22H19N7O5. The van der Waals surface area contributed by atoms with Gasteiger partial charge in [0.1, 0.15) is 5.39 Å². The molecule has 172 valence electrons. The minimum Gasteiger partial charge on any atom is -0.378 e. The van der Waals surface area contributed by atoms with Gasteiger partial charge in [-0.2, -0.15) is 5.10 Å². The average molecular weight is 461 g/mol. The molecule has 34 heavy (non-hydrogen) atoms. The lowest BCUT2D eigenvalue weighted by Crippen LogP contribution is -2.37. The van der Waals surface area contributed by atoms with Crippen LogP contribution in [0.25, 0.3) is 16.7 Å². The number of fused-ring (bicyclic) bond motifs is 1. The van der Waals surface area contributed by atoms with Gasteiger partial charge in [-0.25, -0.2) is 9.67 Å². The molecule has 4 aromatic rings. The molecule has 2 aromatic heterocycles. The van der Waals surface area contributed by atoms with Crippen molar-refractivity contribution in [2.24, 2.45) is 0 Å². The van der Waals surface area contributed by atoms with Crippen LogP contribution < -0.4 is 15.8 Å². The van der Waals surface area contributed by atoms with Crippen molar-refractivity contribution in [3.8, 4) is 5.69 Å². The summed E-state index contributed by atoms with van der Waals surface area (Å²) in [5, 5.41) is 18.8. The molecule has 0 bridgehead atoms. The number of ether oxygens (including phenoxy) is 1. The lowest BCUT2D eigenvalue weighted by molar-refractivity contribution is -0.384. The van der Waals surface area contributed by atoms with E-state index in [0.29, 0.717) is 54.4 Å². The van der Waals surface area contributed by atoms with E-state index < -0.39 is 10.8 Å². The highest BCUT2D eigenvalue weighted by molar-refractivity contribution is 6.09. The summed E-state index contributed by atoms with van der Waals surface area (Å²) in [6.07, 6.45) is 2.68. The predicted molar refractivity (Wildman–Crippen MR) is 124 cm³/mol. The molecule has 0 unspecified atom stereocenters. The number of aromatic nitrogens is 4. The minimum atomic E-state index is -0.535. The van der Waals surface area contributed by atoms with E-state index in [1.165, 1.54) is 29.3 Å². The van der Waals surface area contributed by atoms with Crippen LogP contribution >= 0.6 is 0 Å². The maximum atomic E-state index is 13.4. The smallest absolute Gasteiger partial charge is 0.270 e. The van der Waals surface area contributed by atoms with Gasteiger partial charge in [0.2, 0.25) is 0 Å². The second kappa shape index (κ2) is 8.75. The number of anilines is 2. The van der Waals surface area contributed by atoms with Crippen LogP contribution in [-0.2, 0) is 4.74 Å². The van der Waals surface area contributed by atoms with Crippen molar-refractivity contribution < 1.29 is 14.5 Å². The highest BCUT2D eigenvalue weighted by Gasteiger charge is 2.23. The van der Waals surface area contributed by atoms with E-state index >= 15 is 0 Å². The largest absolute Gasteiger partial charge is 0.378 e. The fourth-order valence-electron chi connectivity index (χ4n) is 3.89. The Labute approximate surface area is 191 Å². The summed E-state index contributed by atoms with van der Waals surface area (Å²) in [4.78, 5) is 45.0. The number of nitro groups is 1. The number of carbonyl (C=O) groups is 1. The number of H-pyrrole nitrogens is 1. The number of amides is 1. The lowest BCUT2D eigenvalue weighted by Gasteiger charge is -2.30. The van der Waals surface area contributed by atoms with Gasteiger partial charge in [-0.1, -0.05) is 12.1 Å². The molecule has 3 heterocycles. The molecule has 1 aliphatic rings. The molecule has 0 saturated carbocycles. The Balaban J connectivity index is 1.54. The van der Waals surface area contributed by atoms with Gasteiger partial charge in [0.25, 0.3) is 17.2 Å². The number of nitro benzene ring substituents is 1.